The van der Waals surface area contributed by atoms with Crippen LogP contribution in [0.5, 0.6) is 0 Å². The lowest BCUT2D eigenvalue weighted by Crippen LogP contribution is -1.97. The average Bonchev–Trinajstić information content (AvgIpc) is 2.43. The molecule has 1 aromatic heterocycles. The fraction of sp³-hybridized carbons (Fsp3) is 0.364. The quantitative estimate of drug-likeness (QED) is 0.677. The molecule has 0 aliphatic carbocycles. The minimum atomic E-state index is 0.404. The van der Waals surface area contributed by atoms with Gasteiger partial charge in [0.05, 0.1) is 11.0 Å². The number of benzene rings is 1. The Balaban J connectivity index is 2.82. The highest BCUT2D eigenvalue weighted by Crippen LogP contribution is 2.28. The van der Waals surface area contributed by atoms with E-state index in [0.717, 1.165) is 28.1 Å². The van der Waals surface area contributed by atoms with Gasteiger partial charge in [-0.25, -0.2) is 4.98 Å². The van der Waals surface area contributed by atoms with E-state index in [9.17, 15) is 0 Å². The summed E-state index contributed by atoms with van der Waals surface area (Å²) in [6.07, 6.45) is 0. The number of aromatic amines is 1. The summed E-state index contributed by atoms with van der Waals surface area (Å²) >= 11 is 0. The van der Waals surface area contributed by atoms with E-state index >= 15 is 0 Å². The maximum atomic E-state index is 5.94. The topological polar surface area (TPSA) is 54.7 Å². The maximum Gasteiger partial charge on any atom is 0.104 e. The van der Waals surface area contributed by atoms with Crippen LogP contribution in [0.15, 0.2) is 12.1 Å². The van der Waals surface area contributed by atoms with Gasteiger partial charge in [-0.1, -0.05) is 13.8 Å². The fourth-order valence-electron chi connectivity index (χ4n) is 1.84. The molecule has 3 nitrogen and oxygen atoms in total. The first kappa shape index (κ1) is 9.06. The summed E-state index contributed by atoms with van der Waals surface area (Å²) in [5.74, 6) is 1.34. The average molecular weight is 189 g/mol. The Labute approximate surface area is 83.3 Å². The van der Waals surface area contributed by atoms with Crippen molar-refractivity contribution in [3.8, 4) is 0 Å². The minimum absolute atomic E-state index is 0.404. The van der Waals surface area contributed by atoms with Gasteiger partial charge in [-0.05, 0) is 25.0 Å². The summed E-state index contributed by atoms with van der Waals surface area (Å²) in [4.78, 5) is 7.67. The summed E-state index contributed by atoms with van der Waals surface area (Å²) in [7, 11) is 0. The molecule has 1 aromatic carbocycles. The molecule has 2 aromatic rings. The number of imidazole rings is 1. The zero-order valence-electron chi connectivity index (χ0n) is 8.76. The number of nitrogen functional groups attached to an aromatic ring is 1. The van der Waals surface area contributed by atoms with Crippen LogP contribution in [0.3, 0.4) is 0 Å². The first-order valence-electron chi connectivity index (χ1n) is 4.84. The second kappa shape index (κ2) is 3.01. The molecule has 0 aliphatic heterocycles. The van der Waals surface area contributed by atoms with E-state index in [1.54, 1.807) is 0 Å². The normalized spacial score (nSPS) is 11.4. The molecule has 0 saturated carbocycles. The predicted octanol–water partition coefficient (Wildman–Crippen LogP) is 2.58. The van der Waals surface area contributed by atoms with Gasteiger partial charge < -0.3 is 10.7 Å². The molecule has 14 heavy (non-hydrogen) atoms. The van der Waals surface area contributed by atoms with Crippen LogP contribution in [-0.2, 0) is 0 Å². The highest BCUT2D eigenvalue weighted by molar-refractivity contribution is 5.84. The van der Waals surface area contributed by atoms with Crippen LogP contribution in [0.2, 0.25) is 0 Å². The van der Waals surface area contributed by atoms with Crippen LogP contribution >= 0.6 is 0 Å². The molecule has 3 heteroatoms. The van der Waals surface area contributed by atoms with Crippen molar-refractivity contribution in [2.45, 2.75) is 26.7 Å². The second-order valence-corrected chi connectivity index (χ2v) is 3.94. The van der Waals surface area contributed by atoms with Crippen molar-refractivity contribution in [2.75, 3.05) is 5.73 Å². The van der Waals surface area contributed by atoms with Crippen molar-refractivity contribution in [3.63, 3.8) is 0 Å². The molecule has 0 aliphatic rings. The summed E-state index contributed by atoms with van der Waals surface area (Å²) in [6.45, 7) is 6.23. The lowest BCUT2D eigenvalue weighted by Gasteiger charge is -2.09. The van der Waals surface area contributed by atoms with Gasteiger partial charge in [0.1, 0.15) is 5.82 Å². The number of aromatic nitrogens is 2. The van der Waals surface area contributed by atoms with Gasteiger partial charge >= 0.3 is 0 Å². The molecule has 0 saturated heterocycles. The molecular formula is C11H15N3. The third-order valence-electron chi connectivity index (χ3n) is 2.42. The maximum absolute atomic E-state index is 5.94. The minimum Gasteiger partial charge on any atom is -0.398 e. The summed E-state index contributed by atoms with van der Waals surface area (Å²) in [6, 6.07) is 3.92. The van der Waals surface area contributed by atoms with Crippen LogP contribution in [-0.4, -0.2) is 9.97 Å². The zero-order chi connectivity index (χ0) is 10.3. The van der Waals surface area contributed by atoms with Crippen molar-refractivity contribution in [1.82, 2.24) is 9.97 Å². The summed E-state index contributed by atoms with van der Waals surface area (Å²) in [5, 5.41) is 0. The van der Waals surface area contributed by atoms with Gasteiger partial charge in [-0.3, -0.25) is 0 Å². The number of H-pyrrole nitrogens is 1. The molecule has 74 valence electrons. The predicted molar refractivity (Wildman–Crippen MR) is 59.3 cm³/mol. The summed E-state index contributed by atoms with van der Waals surface area (Å²) in [5.41, 5.74) is 10.0. The Hall–Kier alpha value is -1.51. The Morgan fingerprint density at radius 1 is 1.36 bits per heavy atom. The van der Waals surface area contributed by atoms with E-state index in [1.807, 2.05) is 19.1 Å². The second-order valence-electron chi connectivity index (χ2n) is 3.94. The monoisotopic (exact) mass is 189 g/mol. The summed E-state index contributed by atoms with van der Waals surface area (Å²) < 4.78 is 0. The van der Waals surface area contributed by atoms with Crippen LogP contribution in [0, 0.1) is 6.92 Å². The number of nitrogens with zero attached hydrogens (tertiary/aromatic N) is 1. The molecule has 0 spiro atoms. The van der Waals surface area contributed by atoms with Gasteiger partial charge in [0.15, 0.2) is 0 Å². The third-order valence-corrected chi connectivity index (χ3v) is 2.42. The standard InChI is InChI=1S/C11H15N3/c1-6(2)10-8(12)4-5-9-11(10)14-7(3)13-9/h4-6H,12H2,1-3H3,(H,13,14). The highest BCUT2D eigenvalue weighted by Gasteiger charge is 2.11. The zero-order valence-corrected chi connectivity index (χ0v) is 8.76. The van der Waals surface area contributed by atoms with Crippen LogP contribution in [0.4, 0.5) is 5.69 Å². The van der Waals surface area contributed by atoms with Crippen molar-refractivity contribution in [1.29, 1.82) is 0 Å². The molecule has 0 amide bonds. The Morgan fingerprint density at radius 2 is 2.07 bits per heavy atom. The van der Waals surface area contributed by atoms with E-state index in [1.165, 1.54) is 0 Å². The number of hydrogen-bond donors (Lipinski definition) is 2. The molecule has 0 radical (unpaired) electrons. The number of nitrogens with two attached hydrogens (primary N) is 1. The molecule has 2 rings (SSSR count). The number of aryl methyl sites for hydroxylation is 1. The van der Waals surface area contributed by atoms with Gasteiger partial charge in [0.25, 0.3) is 0 Å². The van der Waals surface area contributed by atoms with E-state index in [4.69, 9.17) is 5.73 Å². The number of hydrogen-bond acceptors (Lipinski definition) is 2. The lowest BCUT2D eigenvalue weighted by atomic mass is 10.00. The number of rotatable bonds is 1. The van der Waals surface area contributed by atoms with Crippen molar-refractivity contribution in [2.24, 2.45) is 0 Å². The first-order chi connectivity index (χ1) is 6.59. The number of nitrogens with one attached hydrogen (secondary N) is 1. The molecule has 3 N–H and O–H groups in total. The fourth-order valence-corrected chi connectivity index (χ4v) is 1.84. The van der Waals surface area contributed by atoms with E-state index in [-0.39, 0.29) is 0 Å². The number of anilines is 1. The van der Waals surface area contributed by atoms with Crippen molar-refractivity contribution < 1.29 is 0 Å². The third kappa shape index (κ3) is 1.25. The van der Waals surface area contributed by atoms with Gasteiger partial charge in [0.2, 0.25) is 0 Å². The van der Waals surface area contributed by atoms with Gasteiger partial charge in [-0.15, -0.1) is 0 Å². The van der Waals surface area contributed by atoms with Crippen molar-refractivity contribution in [3.05, 3.63) is 23.5 Å². The molecule has 0 atom stereocenters. The lowest BCUT2D eigenvalue weighted by molar-refractivity contribution is 0.876. The molecule has 0 bridgehead atoms. The largest absolute Gasteiger partial charge is 0.398 e. The van der Waals surface area contributed by atoms with Crippen LogP contribution in [0.1, 0.15) is 31.2 Å². The molecule has 0 unspecified atom stereocenters. The van der Waals surface area contributed by atoms with E-state index in [0.29, 0.717) is 5.92 Å². The Morgan fingerprint density at radius 3 is 2.71 bits per heavy atom. The smallest absolute Gasteiger partial charge is 0.104 e. The van der Waals surface area contributed by atoms with Crippen molar-refractivity contribution >= 4 is 16.7 Å². The van der Waals surface area contributed by atoms with Crippen LogP contribution in [0.25, 0.3) is 11.0 Å². The van der Waals surface area contributed by atoms with E-state index < -0.39 is 0 Å². The number of fused-ring (bicyclic) bond motifs is 1. The Bertz CT molecular complexity index is 469. The van der Waals surface area contributed by atoms with Gasteiger partial charge in [-0.2, -0.15) is 0 Å². The molecule has 1 heterocycles. The Kier molecular flexibility index (Phi) is 1.95. The molecular weight excluding hydrogens is 174 g/mol. The van der Waals surface area contributed by atoms with Gasteiger partial charge in [0, 0.05) is 11.3 Å². The van der Waals surface area contributed by atoms with Crippen LogP contribution < -0.4 is 5.73 Å². The highest BCUT2D eigenvalue weighted by atomic mass is 14.9. The SMILES string of the molecule is Cc1nc2c(C(C)C)c(N)ccc2[nH]1. The van der Waals surface area contributed by atoms with E-state index in [2.05, 4.69) is 23.8 Å². The first-order valence-corrected chi connectivity index (χ1v) is 4.84. The molecule has 0 fully saturated rings.